The van der Waals surface area contributed by atoms with Crippen molar-refractivity contribution in [1.29, 1.82) is 0 Å². The minimum atomic E-state index is -0.677. The summed E-state index contributed by atoms with van der Waals surface area (Å²) in [5, 5.41) is 23.2. The van der Waals surface area contributed by atoms with Crippen LogP contribution in [0.1, 0.15) is 290 Å². The summed E-state index contributed by atoms with van der Waals surface area (Å²) in [4.78, 5) is 24.5. The number of aliphatic hydroxyl groups excluding tert-OH is 2. The zero-order valence-electron chi connectivity index (χ0n) is 40.9. The van der Waals surface area contributed by atoms with Crippen LogP contribution in [0.2, 0.25) is 0 Å². The Hall–Kier alpha value is -1.66. The van der Waals surface area contributed by atoms with Crippen LogP contribution in [0.15, 0.2) is 24.3 Å². The van der Waals surface area contributed by atoms with Crippen molar-refractivity contribution in [2.75, 3.05) is 13.2 Å². The summed E-state index contributed by atoms with van der Waals surface area (Å²) < 4.78 is 5.45. The molecular formula is C55H105NO5. The van der Waals surface area contributed by atoms with Crippen molar-refractivity contribution in [3.05, 3.63) is 24.3 Å². The van der Waals surface area contributed by atoms with Gasteiger partial charge < -0.3 is 20.3 Å². The Bertz CT molecular complexity index is 951. The Morgan fingerprint density at radius 2 is 0.803 bits per heavy atom. The number of ether oxygens (including phenoxy) is 1. The van der Waals surface area contributed by atoms with Crippen molar-refractivity contribution in [2.24, 2.45) is 0 Å². The van der Waals surface area contributed by atoms with Crippen molar-refractivity contribution in [2.45, 2.75) is 302 Å². The summed E-state index contributed by atoms with van der Waals surface area (Å²) in [6.07, 6.45) is 60.1. The maximum atomic E-state index is 12.4. The van der Waals surface area contributed by atoms with Gasteiger partial charge >= 0.3 is 5.97 Å². The molecule has 1 amide bonds. The minimum absolute atomic E-state index is 0.0183. The quantitative estimate of drug-likeness (QED) is 0.0322. The van der Waals surface area contributed by atoms with Gasteiger partial charge in [-0.05, 0) is 57.8 Å². The zero-order valence-corrected chi connectivity index (χ0v) is 40.9. The first-order chi connectivity index (χ1) is 30.0. The SMILES string of the molecule is CCCCCCCCCCCCCCCCCCC(=O)OCCCCC/C=C\C=C/CCCCCCCCC(=O)NC(CO)C(O)CCCCCCCCCCCCCCC. The summed E-state index contributed by atoms with van der Waals surface area (Å²) >= 11 is 0. The highest BCUT2D eigenvalue weighted by molar-refractivity contribution is 5.76. The van der Waals surface area contributed by atoms with Crippen molar-refractivity contribution in [3.8, 4) is 0 Å². The molecule has 2 unspecified atom stereocenters. The Kier molecular flexibility index (Phi) is 49.6. The predicted molar refractivity (Wildman–Crippen MR) is 264 cm³/mol. The standard InChI is InChI=1S/C55H105NO5/c1-3-5-7-9-11-13-15-17-18-21-25-29-33-37-41-45-49-55(60)61-50-46-42-38-34-30-26-22-19-20-24-28-32-36-40-44-48-54(59)56-52(51-57)53(58)47-43-39-35-31-27-23-16-14-12-10-8-6-4-2/h19,22,26,30,52-53,57-58H,3-18,20-21,23-25,27-29,31-51H2,1-2H3,(H,56,59)/b22-19-,30-26-. The number of carbonyl (C=O) groups is 2. The first-order valence-corrected chi connectivity index (χ1v) is 27.1. The van der Waals surface area contributed by atoms with Gasteiger partial charge in [-0.1, -0.05) is 244 Å². The highest BCUT2D eigenvalue weighted by atomic mass is 16.5. The van der Waals surface area contributed by atoms with Crippen LogP contribution in [0.5, 0.6) is 0 Å². The first-order valence-electron chi connectivity index (χ1n) is 27.1. The average Bonchev–Trinajstić information content (AvgIpc) is 3.26. The zero-order chi connectivity index (χ0) is 44.4. The van der Waals surface area contributed by atoms with Gasteiger partial charge in [0.1, 0.15) is 0 Å². The van der Waals surface area contributed by atoms with E-state index in [-0.39, 0.29) is 18.5 Å². The fourth-order valence-corrected chi connectivity index (χ4v) is 8.34. The van der Waals surface area contributed by atoms with Crippen LogP contribution >= 0.6 is 0 Å². The Morgan fingerprint density at radius 1 is 0.459 bits per heavy atom. The molecule has 0 heterocycles. The largest absolute Gasteiger partial charge is 0.466 e. The number of carbonyl (C=O) groups excluding carboxylic acids is 2. The molecule has 0 spiro atoms. The van der Waals surface area contributed by atoms with Crippen LogP contribution in [-0.2, 0) is 14.3 Å². The number of unbranched alkanes of at least 4 members (excludes halogenated alkanes) is 36. The molecule has 0 rings (SSSR count). The average molecular weight is 860 g/mol. The number of hydrogen-bond acceptors (Lipinski definition) is 5. The molecule has 0 aromatic rings. The molecule has 0 aliphatic carbocycles. The molecule has 6 nitrogen and oxygen atoms in total. The maximum Gasteiger partial charge on any atom is 0.305 e. The van der Waals surface area contributed by atoms with Gasteiger partial charge in [-0.25, -0.2) is 0 Å². The summed E-state index contributed by atoms with van der Waals surface area (Å²) in [6, 6.07) is -0.557. The molecule has 360 valence electrons. The van der Waals surface area contributed by atoms with E-state index in [9.17, 15) is 19.8 Å². The van der Waals surface area contributed by atoms with E-state index in [2.05, 4.69) is 43.5 Å². The Labute approximate surface area is 380 Å². The summed E-state index contributed by atoms with van der Waals surface area (Å²) in [5.74, 6) is -0.0755. The van der Waals surface area contributed by atoms with Gasteiger partial charge in [0, 0.05) is 12.8 Å². The second-order valence-electron chi connectivity index (χ2n) is 18.6. The minimum Gasteiger partial charge on any atom is -0.466 e. The van der Waals surface area contributed by atoms with Crippen LogP contribution in [0, 0.1) is 0 Å². The van der Waals surface area contributed by atoms with E-state index in [0.29, 0.717) is 25.9 Å². The van der Waals surface area contributed by atoms with E-state index in [1.807, 2.05) is 0 Å². The molecule has 0 saturated heterocycles. The second kappa shape index (κ2) is 51.0. The summed E-state index contributed by atoms with van der Waals surface area (Å²) in [6.45, 7) is 4.90. The van der Waals surface area contributed by atoms with E-state index in [0.717, 1.165) is 77.0 Å². The van der Waals surface area contributed by atoms with Crippen LogP contribution in [0.4, 0.5) is 0 Å². The topological polar surface area (TPSA) is 95.9 Å². The normalized spacial score (nSPS) is 12.8. The van der Waals surface area contributed by atoms with Crippen molar-refractivity contribution >= 4 is 11.9 Å². The molecule has 0 aliphatic heterocycles. The Balaban J connectivity index is 3.50. The summed E-state index contributed by atoms with van der Waals surface area (Å²) in [5.41, 5.74) is 0. The fourth-order valence-electron chi connectivity index (χ4n) is 8.34. The lowest BCUT2D eigenvalue weighted by atomic mass is 10.0. The van der Waals surface area contributed by atoms with Crippen LogP contribution < -0.4 is 5.32 Å². The highest BCUT2D eigenvalue weighted by Gasteiger charge is 2.20. The van der Waals surface area contributed by atoms with Gasteiger partial charge in [0.15, 0.2) is 0 Å². The molecule has 0 fully saturated rings. The van der Waals surface area contributed by atoms with Crippen LogP contribution in [0.3, 0.4) is 0 Å². The number of rotatable bonds is 50. The van der Waals surface area contributed by atoms with Crippen molar-refractivity contribution in [3.63, 3.8) is 0 Å². The molecule has 6 heteroatoms. The molecule has 0 bridgehead atoms. The smallest absolute Gasteiger partial charge is 0.305 e. The number of nitrogens with one attached hydrogen (secondary N) is 1. The third kappa shape index (κ3) is 47.7. The molecule has 61 heavy (non-hydrogen) atoms. The predicted octanol–water partition coefficient (Wildman–Crippen LogP) is 16.3. The van der Waals surface area contributed by atoms with E-state index in [4.69, 9.17) is 4.74 Å². The van der Waals surface area contributed by atoms with E-state index in [1.165, 1.54) is 180 Å². The first kappa shape index (κ1) is 59.3. The lowest BCUT2D eigenvalue weighted by Gasteiger charge is -2.22. The van der Waals surface area contributed by atoms with Crippen LogP contribution in [-0.4, -0.2) is 47.4 Å². The lowest BCUT2D eigenvalue weighted by Crippen LogP contribution is -2.45. The van der Waals surface area contributed by atoms with Gasteiger partial charge in [-0.3, -0.25) is 9.59 Å². The number of esters is 1. The number of hydrogen-bond donors (Lipinski definition) is 3. The van der Waals surface area contributed by atoms with Gasteiger partial charge in [0.2, 0.25) is 5.91 Å². The maximum absolute atomic E-state index is 12.4. The molecule has 0 radical (unpaired) electrons. The van der Waals surface area contributed by atoms with Gasteiger partial charge in [0.25, 0.3) is 0 Å². The van der Waals surface area contributed by atoms with Crippen molar-refractivity contribution in [1.82, 2.24) is 5.32 Å². The van der Waals surface area contributed by atoms with E-state index >= 15 is 0 Å². The second-order valence-corrected chi connectivity index (χ2v) is 18.6. The van der Waals surface area contributed by atoms with Crippen molar-refractivity contribution < 1.29 is 24.5 Å². The lowest BCUT2D eigenvalue weighted by molar-refractivity contribution is -0.143. The van der Waals surface area contributed by atoms with Gasteiger partial charge in [-0.15, -0.1) is 0 Å². The number of allylic oxidation sites excluding steroid dienone is 4. The number of aliphatic hydroxyl groups is 2. The fraction of sp³-hybridized carbons (Fsp3) is 0.891. The van der Waals surface area contributed by atoms with Crippen LogP contribution in [0.25, 0.3) is 0 Å². The molecule has 0 saturated carbocycles. The number of amides is 1. The molecule has 0 aliphatic rings. The Morgan fingerprint density at radius 3 is 1.21 bits per heavy atom. The third-order valence-electron chi connectivity index (χ3n) is 12.5. The highest BCUT2D eigenvalue weighted by Crippen LogP contribution is 2.17. The molecule has 2 atom stereocenters. The van der Waals surface area contributed by atoms with E-state index < -0.39 is 12.1 Å². The van der Waals surface area contributed by atoms with Gasteiger partial charge in [0.05, 0.1) is 25.4 Å². The molecule has 0 aromatic heterocycles. The van der Waals surface area contributed by atoms with Gasteiger partial charge in [-0.2, -0.15) is 0 Å². The molecule has 3 N–H and O–H groups in total. The van der Waals surface area contributed by atoms with E-state index in [1.54, 1.807) is 0 Å². The summed E-state index contributed by atoms with van der Waals surface area (Å²) in [7, 11) is 0. The monoisotopic (exact) mass is 860 g/mol. The third-order valence-corrected chi connectivity index (χ3v) is 12.5. The molecule has 0 aromatic carbocycles. The molecular weight excluding hydrogens is 755 g/mol.